The Morgan fingerprint density at radius 1 is 1.32 bits per heavy atom. The Kier molecular flexibility index (Phi) is 3.49. The SMILES string of the molecule is CCn1cc(C(O)c2cn(C)nc2C(C)(C)C)cn1. The van der Waals surface area contributed by atoms with Crippen LogP contribution in [0.1, 0.15) is 50.6 Å². The van der Waals surface area contributed by atoms with Gasteiger partial charge in [-0.05, 0) is 6.92 Å². The number of aryl methyl sites for hydroxylation is 2. The van der Waals surface area contributed by atoms with E-state index in [2.05, 4.69) is 31.0 Å². The third-order valence-corrected chi connectivity index (χ3v) is 3.16. The number of nitrogens with zero attached hydrogens (tertiary/aromatic N) is 4. The van der Waals surface area contributed by atoms with E-state index in [0.717, 1.165) is 23.4 Å². The number of hydrogen-bond acceptors (Lipinski definition) is 3. The monoisotopic (exact) mass is 262 g/mol. The van der Waals surface area contributed by atoms with Crippen molar-refractivity contribution in [1.82, 2.24) is 19.6 Å². The molecular formula is C14H22N4O. The molecule has 0 bridgehead atoms. The van der Waals surface area contributed by atoms with Gasteiger partial charge in [0.2, 0.25) is 0 Å². The van der Waals surface area contributed by atoms with Gasteiger partial charge in [-0.3, -0.25) is 9.36 Å². The Morgan fingerprint density at radius 2 is 2.00 bits per heavy atom. The summed E-state index contributed by atoms with van der Waals surface area (Å²) in [6, 6.07) is 0. The highest BCUT2D eigenvalue weighted by molar-refractivity contribution is 5.32. The zero-order valence-electron chi connectivity index (χ0n) is 12.3. The zero-order valence-corrected chi connectivity index (χ0v) is 12.3. The number of aliphatic hydroxyl groups is 1. The van der Waals surface area contributed by atoms with Crippen LogP contribution in [0, 0.1) is 0 Å². The van der Waals surface area contributed by atoms with Crippen LogP contribution in [0.4, 0.5) is 0 Å². The van der Waals surface area contributed by atoms with Crippen molar-refractivity contribution in [3.05, 3.63) is 35.4 Å². The van der Waals surface area contributed by atoms with Crippen LogP contribution >= 0.6 is 0 Å². The Hall–Kier alpha value is -1.62. The molecular weight excluding hydrogens is 240 g/mol. The van der Waals surface area contributed by atoms with Gasteiger partial charge in [-0.1, -0.05) is 20.8 Å². The summed E-state index contributed by atoms with van der Waals surface area (Å²) >= 11 is 0. The van der Waals surface area contributed by atoms with Crippen LogP contribution in [0.15, 0.2) is 18.6 Å². The van der Waals surface area contributed by atoms with Gasteiger partial charge >= 0.3 is 0 Å². The van der Waals surface area contributed by atoms with Gasteiger partial charge in [-0.25, -0.2) is 0 Å². The molecule has 2 aromatic rings. The van der Waals surface area contributed by atoms with E-state index in [9.17, 15) is 5.11 Å². The third-order valence-electron chi connectivity index (χ3n) is 3.16. The van der Waals surface area contributed by atoms with Crippen LogP contribution in [-0.4, -0.2) is 24.7 Å². The summed E-state index contributed by atoms with van der Waals surface area (Å²) in [7, 11) is 1.88. The van der Waals surface area contributed by atoms with Crippen LogP contribution in [0.25, 0.3) is 0 Å². The van der Waals surface area contributed by atoms with Gasteiger partial charge in [-0.2, -0.15) is 10.2 Å². The van der Waals surface area contributed by atoms with E-state index >= 15 is 0 Å². The Morgan fingerprint density at radius 3 is 2.53 bits per heavy atom. The fourth-order valence-corrected chi connectivity index (χ4v) is 2.16. The minimum Gasteiger partial charge on any atom is -0.383 e. The maximum absolute atomic E-state index is 10.6. The first-order valence-corrected chi connectivity index (χ1v) is 6.57. The quantitative estimate of drug-likeness (QED) is 0.920. The number of aliphatic hydroxyl groups excluding tert-OH is 1. The molecule has 0 aliphatic rings. The molecule has 0 fully saturated rings. The van der Waals surface area contributed by atoms with E-state index in [-0.39, 0.29) is 5.41 Å². The van der Waals surface area contributed by atoms with Gasteiger partial charge < -0.3 is 5.11 Å². The summed E-state index contributed by atoms with van der Waals surface area (Å²) < 4.78 is 3.56. The van der Waals surface area contributed by atoms with Crippen molar-refractivity contribution in [3.8, 4) is 0 Å². The van der Waals surface area contributed by atoms with Gasteiger partial charge in [-0.15, -0.1) is 0 Å². The van der Waals surface area contributed by atoms with Crippen LogP contribution in [-0.2, 0) is 19.0 Å². The predicted molar refractivity (Wildman–Crippen MR) is 73.9 cm³/mol. The molecule has 5 heteroatoms. The van der Waals surface area contributed by atoms with Gasteiger partial charge in [0, 0.05) is 42.5 Å². The second-order valence-corrected chi connectivity index (χ2v) is 5.89. The molecule has 0 saturated carbocycles. The maximum atomic E-state index is 10.6. The van der Waals surface area contributed by atoms with Gasteiger partial charge in [0.25, 0.3) is 0 Å². The first kappa shape index (κ1) is 13.8. The molecule has 5 nitrogen and oxygen atoms in total. The molecule has 0 amide bonds. The van der Waals surface area contributed by atoms with Crippen molar-refractivity contribution in [2.24, 2.45) is 7.05 Å². The minimum absolute atomic E-state index is 0.0989. The summed E-state index contributed by atoms with van der Waals surface area (Å²) in [5, 5.41) is 19.2. The average Bonchev–Trinajstić information content (AvgIpc) is 2.93. The lowest BCUT2D eigenvalue weighted by molar-refractivity contribution is 0.217. The number of hydrogen-bond donors (Lipinski definition) is 1. The van der Waals surface area contributed by atoms with Crippen molar-refractivity contribution in [1.29, 1.82) is 0 Å². The molecule has 0 aliphatic carbocycles. The van der Waals surface area contributed by atoms with E-state index in [1.807, 2.05) is 31.0 Å². The highest BCUT2D eigenvalue weighted by Crippen LogP contribution is 2.31. The number of rotatable bonds is 3. The van der Waals surface area contributed by atoms with Crippen molar-refractivity contribution in [3.63, 3.8) is 0 Å². The summed E-state index contributed by atoms with van der Waals surface area (Å²) in [6.07, 6.45) is 4.80. The summed E-state index contributed by atoms with van der Waals surface area (Å²) in [4.78, 5) is 0. The molecule has 0 aromatic carbocycles. The minimum atomic E-state index is -0.678. The van der Waals surface area contributed by atoms with Gasteiger partial charge in [0.1, 0.15) is 6.10 Å². The summed E-state index contributed by atoms with van der Waals surface area (Å²) in [5.41, 5.74) is 2.48. The highest BCUT2D eigenvalue weighted by Gasteiger charge is 2.27. The Balaban J connectivity index is 2.41. The molecule has 1 atom stereocenters. The molecule has 2 aromatic heterocycles. The zero-order chi connectivity index (χ0) is 14.2. The highest BCUT2D eigenvalue weighted by atomic mass is 16.3. The van der Waals surface area contributed by atoms with Crippen molar-refractivity contribution >= 4 is 0 Å². The van der Waals surface area contributed by atoms with Gasteiger partial charge in [0.05, 0.1) is 11.9 Å². The van der Waals surface area contributed by atoms with Crippen LogP contribution in [0.5, 0.6) is 0 Å². The third kappa shape index (κ3) is 2.71. The lowest BCUT2D eigenvalue weighted by Gasteiger charge is -2.19. The fraction of sp³-hybridized carbons (Fsp3) is 0.571. The normalized spacial score (nSPS) is 13.8. The van der Waals surface area contributed by atoms with E-state index in [1.54, 1.807) is 10.9 Å². The molecule has 0 spiro atoms. The van der Waals surface area contributed by atoms with Gasteiger partial charge in [0.15, 0.2) is 0 Å². The van der Waals surface area contributed by atoms with E-state index in [1.165, 1.54) is 0 Å². The standard InChI is InChI=1S/C14H22N4O/c1-6-18-8-10(7-15-18)12(19)11-9-17(5)16-13(11)14(2,3)4/h7-9,12,19H,6H2,1-5H3. The molecule has 19 heavy (non-hydrogen) atoms. The largest absolute Gasteiger partial charge is 0.383 e. The number of aromatic nitrogens is 4. The first-order valence-electron chi connectivity index (χ1n) is 6.57. The first-order chi connectivity index (χ1) is 8.82. The van der Waals surface area contributed by atoms with E-state index in [0.29, 0.717) is 0 Å². The average molecular weight is 262 g/mol. The Labute approximate surface area is 113 Å². The molecule has 104 valence electrons. The van der Waals surface area contributed by atoms with Crippen LogP contribution in [0.3, 0.4) is 0 Å². The predicted octanol–water partition coefficient (Wildman–Crippen LogP) is 2.02. The molecule has 0 aliphatic heterocycles. The van der Waals surface area contributed by atoms with Crippen LogP contribution in [0.2, 0.25) is 0 Å². The molecule has 0 radical (unpaired) electrons. The second-order valence-electron chi connectivity index (χ2n) is 5.89. The Bertz CT molecular complexity index is 562. The smallest absolute Gasteiger partial charge is 0.110 e. The summed E-state index contributed by atoms with van der Waals surface area (Å²) in [6.45, 7) is 9.11. The molecule has 0 saturated heterocycles. The van der Waals surface area contributed by atoms with E-state index in [4.69, 9.17) is 0 Å². The summed E-state index contributed by atoms with van der Waals surface area (Å²) in [5.74, 6) is 0. The molecule has 1 N–H and O–H groups in total. The van der Waals surface area contributed by atoms with Crippen molar-refractivity contribution in [2.75, 3.05) is 0 Å². The molecule has 2 heterocycles. The van der Waals surface area contributed by atoms with Crippen molar-refractivity contribution < 1.29 is 5.11 Å². The van der Waals surface area contributed by atoms with Crippen molar-refractivity contribution in [2.45, 2.75) is 45.8 Å². The van der Waals surface area contributed by atoms with E-state index < -0.39 is 6.10 Å². The second kappa shape index (κ2) is 4.81. The lowest BCUT2D eigenvalue weighted by atomic mass is 9.87. The fourth-order valence-electron chi connectivity index (χ4n) is 2.16. The molecule has 1 unspecified atom stereocenters. The topological polar surface area (TPSA) is 55.9 Å². The van der Waals surface area contributed by atoms with Crippen LogP contribution < -0.4 is 0 Å². The molecule has 2 rings (SSSR count). The lowest BCUT2D eigenvalue weighted by Crippen LogP contribution is -2.16. The maximum Gasteiger partial charge on any atom is 0.110 e.